The highest BCUT2D eigenvalue weighted by Crippen LogP contribution is 2.39. The lowest BCUT2D eigenvalue weighted by Gasteiger charge is -2.26. The maximum Gasteiger partial charge on any atom is 0.244 e. The minimum Gasteiger partial charge on any atom is -0.493 e. The highest BCUT2D eigenvalue weighted by molar-refractivity contribution is 5.80. The molecule has 1 aliphatic rings. The summed E-state index contributed by atoms with van der Waals surface area (Å²) in [5.74, 6) is 0.958. The van der Waals surface area contributed by atoms with Gasteiger partial charge >= 0.3 is 0 Å². The summed E-state index contributed by atoms with van der Waals surface area (Å²) in [4.78, 5) is 16.1. The van der Waals surface area contributed by atoms with Gasteiger partial charge in [0, 0.05) is 24.6 Å². The molecular weight excluding hydrogens is 378 g/mol. The Labute approximate surface area is 174 Å². The predicted molar refractivity (Wildman–Crippen MR) is 113 cm³/mol. The SMILES string of the molecule is COc1cc2c(cc1OC)-c1cc(-c3ccccc3)c(C#N)c(=NC(C)=O)n1CC2. The Bertz CT molecular complexity index is 1250. The van der Waals surface area contributed by atoms with E-state index in [-0.39, 0.29) is 5.91 Å². The van der Waals surface area contributed by atoms with E-state index in [1.807, 2.05) is 53.1 Å². The number of carbonyl (C=O) groups excluding carboxylic acids is 1. The lowest BCUT2D eigenvalue weighted by atomic mass is 9.92. The Morgan fingerprint density at radius 3 is 2.40 bits per heavy atom. The van der Waals surface area contributed by atoms with Gasteiger partial charge in [-0.05, 0) is 35.7 Å². The van der Waals surface area contributed by atoms with Crippen molar-refractivity contribution in [3.63, 3.8) is 0 Å². The van der Waals surface area contributed by atoms with Gasteiger partial charge in [0.1, 0.15) is 11.6 Å². The number of benzene rings is 2. The van der Waals surface area contributed by atoms with Gasteiger partial charge in [-0.1, -0.05) is 30.3 Å². The molecular formula is C24H21N3O3. The first-order chi connectivity index (χ1) is 14.6. The lowest BCUT2D eigenvalue weighted by molar-refractivity contribution is -0.116. The summed E-state index contributed by atoms with van der Waals surface area (Å²) in [5.41, 5.74) is 5.39. The second-order valence-electron chi connectivity index (χ2n) is 7.02. The van der Waals surface area contributed by atoms with Crippen LogP contribution in [0.4, 0.5) is 0 Å². The van der Waals surface area contributed by atoms with Crippen LogP contribution in [-0.4, -0.2) is 24.7 Å². The van der Waals surface area contributed by atoms with E-state index in [9.17, 15) is 10.1 Å². The molecule has 0 aliphatic carbocycles. The predicted octanol–water partition coefficient (Wildman–Crippen LogP) is 3.71. The van der Waals surface area contributed by atoms with Crippen LogP contribution in [0.1, 0.15) is 18.1 Å². The van der Waals surface area contributed by atoms with E-state index in [0.717, 1.165) is 34.4 Å². The lowest BCUT2D eigenvalue weighted by Crippen LogP contribution is -2.30. The van der Waals surface area contributed by atoms with Gasteiger partial charge in [0.25, 0.3) is 0 Å². The number of rotatable bonds is 3. The Hall–Kier alpha value is -3.85. The number of aryl methyl sites for hydroxylation is 1. The standard InChI is InChI=1S/C24H21N3O3/c1-15(28)26-24-20(14-25)18(16-7-5-4-6-8-16)12-21-19-13-23(30-3)22(29-2)11-17(19)9-10-27(21)24/h4-8,11-13H,9-10H2,1-3H3. The third-order valence-electron chi connectivity index (χ3n) is 5.27. The van der Waals surface area contributed by atoms with Crippen molar-refractivity contribution in [2.45, 2.75) is 19.9 Å². The molecule has 1 amide bonds. The Balaban J connectivity index is 2.11. The van der Waals surface area contributed by atoms with Crippen LogP contribution in [-0.2, 0) is 17.8 Å². The zero-order valence-corrected chi connectivity index (χ0v) is 17.1. The Kier molecular flexibility index (Phi) is 5.11. The summed E-state index contributed by atoms with van der Waals surface area (Å²) in [5, 5.41) is 9.95. The van der Waals surface area contributed by atoms with Crippen LogP contribution in [0.3, 0.4) is 0 Å². The quantitative estimate of drug-likeness (QED) is 0.673. The van der Waals surface area contributed by atoms with Gasteiger partial charge in [-0.15, -0.1) is 0 Å². The molecule has 6 nitrogen and oxygen atoms in total. The number of aromatic nitrogens is 1. The van der Waals surface area contributed by atoms with Crippen molar-refractivity contribution in [1.29, 1.82) is 5.26 Å². The molecule has 0 bridgehead atoms. The van der Waals surface area contributed by atoms with E-state index in [2.05, 4.69) is 11.1 Å². The highest BCUT2D eigenvalue weighted by atomic mass is 16.5. The number of pyridine rings is 1. The van der Waals surface area contributed by atoms with Gasteiger partial charge < -0.3 is 14.0 Å². The Morgan fingerprint density at radius 2 is 1.77 bits per heavy atom. The number of hydrogen-bond acceptors (Lipinski definition) is 4. The minimum absolute atomic E-state index is 0.343. The molecule has 6 heteroatoms. The maximum atomic E-state index is 11.9. The first-order valence-corrected chi connectivity index (χ1v) is 9.61. The molecule has 2 aromatic carbocycles. The summed E-state index contributed by atoms with van der Waals surface area (Å²) in [7, 11) is 3.22. The molecule has 0 saturated heterocycles. The van der Waals surface area contributed by atoms with Crippen LogP contribution < -0.4 is 15.0 Å². The topological polar surface area (TPSA) is 76.6 Å². The first kappa shape index (κ1) is 19.5. The average Bonchev–Trinajstić information content (AvgIpc) is 2.77. The summed E-state index contributed by atoms with van der Waals surface area (Å²) >= 11 is 0. The molecule has 0 atom stereocenters. The molecule has 0 fully saturated rings. The van der Waals surface area contributed by atoms with E-state index in [1.54, 1.807) is 14.2 Å². The normalized spacial score (nSPS) is 12.5. The van der Waals surface area contributed by atoms with E-state index in [1.165, 1.54) is 6.92 Å². The fourth-order valence-corrected chi connectivity index (χ4v) is 3.93. The Morgan fingerprint density at radius 1 is 1.07 bits per heavy atom. The van der Waals surface area contributed by atoms with E-state index in [0.29, 0.717) is 29.1 Å². The third-order valence-corrected chi connectivity index (χ3v) is 5.27. The van der Waals surface area contributed by atoms with E-state index in [4.69, 9.17) is 9.47 Å². The largest absolute Gasteiger partial charge is 0.493 e. The average molecular weight is 399 g/mol. The molecule has 2 heterocycles. The van der Waals surface area contributed by atoms with Crippen LogP contribution in [0.15, 0.2) is 53.5 Å². The van der Waals surface area contributed by atoms with Crippen molar-refractivity contribution in [2.24, 2.45) is 4.99 Å². The smallest absolute Gasteiger partial charge is 0.244 e. The second-order valence-corrected chi connectivity index (χ2v) is 7.02. The summed E-state index contributed by atoms with van der Waals surface area (Å²) < 4.78 is 12.9. The van der Waals surface area contributed by atoms with Crippen molar-refractivity contribution in [3.05, 3.63) is 65.1 Å². The zero-order valence-electron chi connectivity index (χ0n) is 17.1. The van der Waals surface area contributed by atoms with Gasteiger partial charge in [-0.3, -0.25) is 4.79 Å². The van der Waals surface area contributed by atoms with Crippen LogP contribution in [0.5, 0.6) is 11.5 Å². The monoisotopic (exact) mass is 399 g/mol. The van der Waals surface area contributed by atoms with Crippen LogP contribution in [0, 0.1) is 11.3 Å². The van der Waals surface area contributed by atoms with Crippen molar-refractivity contribution < 1.29 is 14.3 Å². The molecule has 0 unspecified atom stereocenters. The number of ether oxygens (including phenoxy) is 2. The van der Waals surface area contributed by atoms with E-state index < -0.39 is 0 Å². The van der Waals surface area contributed by atoms with Gasteiger partial charge in [0.2, 0.25) is 5.91 Å². The molecule has 3 aromatic rings. The first-order valence-electron chi connectivity index (χ1n) is 9.61. The van der Waals surface area contributed by atoms with Crippen LogP contribution >= 0.6 is 0 Å². The van der Waals surface area contributed by atoms with Gasteiger partial charge in [-0.2, -0.15) is 10.3 Å². The molecule has 0 saturated carbocycles. The highest BCUT2D eigenvalue weighted by Gasteiger charge is 2.23. The van der Waals surface area contributed by atoms with Gasteiger partial charge in [0.05, 0.1) is 19.9 Å². The number of nitriles is 1. The number of nitrogens with zero attached hydrogens (tertiary/aromatic N) is 3. The second kappa shape index (κ2) is 7.88. The molecule has 4 rings (SSSR count). The van der Waals surface area contributed by atoms with Crippen molar-refractivity contribution in [3.8, 4) is 40.0 Å². The molecule has 1 aliphatic heterocycles. The number of carbonyl (C=O) groups is 1. The maximum absolute atomic E-state index is 11.9. The van der Waals surface area contributed by atoms with Crippen molar-refractivity contribution in [2.75, 3.05) is 14.2 Å². The number of methoxy groups -OCH3 is 2. The molecule has 150 valence electrons. The van der Waals surface area contributed by atoms with Gasteiger partial charge in [0.15, 0.2) is 17.0 Å². The molecule has 0 radical (unpaired) electrons. The number of fused-ring (bicyclic) bond motifs is 3. The summed E-state index contributed by atoms with van der Waals surface area (Å²) in [6, 6.07) is 17.9. The molecule has 1 aromatic heterocycles. The zero-order chi connectivity index (χ0) is 21.3. The summed E-state index contributed by atoms with van der Waals surface area (Å²) in [6.45, 7) is 2.00. The fraction of sp³-hybridized carbons (Fsp3) is 0.208. The molecule has 0 spiro atoms. The minimum atomic E-state index is -0.343. The van der Waals surface area contributed by atoms with Gasteiger partial charge in [-0.25, -0.2) is 0 Å². The molecule has 30 heavy (non-hydrogen) atoms. The fourth-order valence-electron chi connectivity index (χ4n) is 3.93. The molecule has 0 N–H and O–H groups in total. The van der Waals surface area contributed by atoms with Crippen LogP contribution in [0.2, 0.25) is 0 Å². The van der Waals surface area contributed by atoms with Crippen molar-refractivity contribution >= 4 is 5.91 Å². The summed E-state index contributed by atoms with van der Waals surface area (Å²) in [6.07, 6.45) is 0.726. The number of amides is 1. The third kappa shape index (κ3) is 3.25. The van der Waals surface area contributed by atoms with Crippen LogP contribution in [0.25, 0.3) is 22.4 Å². The van der Waals surface area contributed by atoms with Crippen molar-refractivity contribution in [1.82, 2.24) is 4.57 Å². The number of hydrogen-bond donors (Lipinski definition) is 0. The van der Waals surface area contributed by atoms with E-state index >= 15 is 0 Å².